The number of allylic oxidation sites excluding steroid dienone is 4. The fourth-order valence-corrected chi connectivity index (χ4v) is 12.6. The number of carbonyl (C=O) groups excluding carboxylic acids is 5. The number of ether oxygens (including phenoxy) is 6. The van der Waals surface area contributed by atoms with Crippen molar-refractivity contribution in [1.82, 2.24) is 10.2 Å². The summed E-state index contributed by atoms with van der Waals surface area (Å²) in [7, 11) is -10.6. The summed E-state index contributed by atoms with van der Waals surface area (Å²) in [5, 5.41) is 14.4. The average molecular weight is 961 g/mol. The van der Waals surface area contributed by atoms with Crippen LogP contribution < -0.4 is 5.32 Å². The standard InChI is InChI=1S/C42H62N2O19P2/c1-4-5-38-61-34-25-31-30-7-6-28-24-29(45)10-12-40(28,2)39(30)32(46)26-41(31,3)42(34,62-38)33(47)27-60-65(53,54)63-64(51,52)59-16-13-43-35(48)11-15-55-18-20-57-22-23-58-21-19-56-17-14-44-36(49)8-9-37(44)50/h8-10,12,24,30-32,34,38-39,46H,4-7,11,13-23,25-27H2,1-3H3,(H,43,48)(H,51,52)(H,53,54)/t30-,31-,32-,34+,38?,39+,40-,41-,42+/m0/s1. The Morgan fingerprint density at radius 1 is 0.892 bits per heavy atom. The van der Waals surface area contributed by atoms with E-state index in [0.717, 1.165) is 10.5 Å². The number of hydrogen-bond acceptors (Lipinski definition) is 17. The van der Waals surface area contributed by atoms with E-state index in [9.17, 15) is 48.0 Å². The van der Waals surface area contributed by atoms with E-state index >= 15 is 0 Å². The number of Topliss-reactive ketones (excluding diaryl/α,β-unsaturated/α-hetero) is 1. The number of phosphoric acid groups is 2. The van der Waals surface area contributed by atoms with Gasteiger partial charge in [-0.05, 0) is 56.1 Å². The van der Waals surface area contributed by atoms with Gasteiger partial charge in [-0.25, -0.2) is 9.13 Å². The van der Waals surface area contributed by atoms with Gasteiger partial charge >= 0.3 is 15.6 Å². The minimum atomic E-state index is -5.41. The number of amides is 3. The van der Waals surface area contributed by atoms with Crippen molar-refractivity contribution in [3.05, 3.63) is 36.0 Å². The van der Waals surface area contributed by atoms with Crippen LogP contribution in [0.2, 0.25) is 0 Å². The molecule has 23 heteroatoms. The Morgan fingerprint density at radius 2 is 1.52 bits per heavy atom. The molecule has 2 aliphatic heterocycles. The maximum Gasteiger partial charge on any atom is 0.481 e. The van der Waals surface area contributed by atoms with Crippen LogP contribution in [0.4, 0.5) is 0 Å². The van der Waals surface area contributed by atoms with Gasteiger partial charge < -0.3 is 48.6 Å². The highest BCUT2D eigenvalue weighted by molar-refractivity contribution is 7.61. The van der Waals surface area contributed by atoms with Gasteiger partial charge in [-0.2, -0.15) is 4.31 Å². The summed E-state index contributed by atoms with van der Waals surface area (Å²) in [5.74, 6) is -2.47. The Kier molecular flexibility index (Phi) is 17.5. The van der Waals surface area contributed by atoms with Crippen molar-refractivity contribution in [3.63, 3.8) is 0 Å². The van der Waals surface area contributed by atoms with Crippen molar-refractivity contribution in [2.45, 2.75) is 89.8 Å². The molecule has 0 aromatic carbocycles. The fourth-order valence-electron chi connectivity index (χ4n) is 10.6. The largest absolute Gasteiger partial charge is 0.481 e. The van der Waals surface area contributed by atoms with E-state index in [2.05, 4.69) is 9.63 Å². The van der Waals surface area contributed by atoms with Gasteiger partial charge in [0, 0.05) is 41.9 Å². The molecule has 3 amide bonds. The van der Waals surface area contributed by atoms with Crippen molar-refractivity contribution >= 4 is 44.9 Å². The summed E-state index contributed by atoms with van der Waals surface area (Å²) in [4.78, 5) is 83.5. The first-order valence-electron chi connectivity index (χ1n) is 22.1. The molecule has 11 atom stereocenters. The van der Waals surface area contributed by atoms with Gasteiger partial charge in [0.05, 0.1) is 78.2 Å². The number of aliphatic hydroxyl groups is 1. The van der Waals surface area contributed by atoms with E-state index in [-0.39, 0.29) is 94.3 Å². The third kappa shape index (κ3) is 11.9. The molecule has 0 aromatic heterocycles. The number of nitrogens with zero attached hydrogens (tertiary/aromatic N) is 1. The number of carbonyl (C=O) groups is 5. The van der Waals surface area contributed by atoms with Gasteiger partial charge in [-0.15, -0.1) is 0 Å². The summed E-state index contributed by atoms with van der Waals surface area (Å²) in [6.45, 7) is 6.02. The third-order valence-electron chi connectivity index (χ3n) is 13.4. The number of aliphatic hydroxyl groups excluding tert-OH is 1. The van der Waals surface area contributed by atoms with Crippen LogP contribution in [-0.4, -0.2) is 152 Å². The van der Waals surface area contributed by atoms with Gasteiger partial charge in [-0.3, -0.25) is 37.9 Å². The summed E-state index contributed by atoms with van der Waals surface area (Å²) in [6.07, 6.45) is 8.09. The second kappa shape index (κ2) is 22.1. The van der Waals surface area contributed by atoms with Crippen molar-refractivity contribution in [2.24, 2.45) is 28.6 Å². The zero-order valence-electron chi connectivity index (χ0n) is 37.0. The number of nitrogens with one attached hydrogen (secondary N) is 1. The molecule has 0 aromatic rings. The van der Waals surface area contributed by atoms with E-state index in [1.807, 2.05) is 26.8 Å². The zero-order valence-corrected chi connectivity index (χ0v) is 38.8. The van der Waals surface area contributed by atoms with Crippen LogP contribution in [0.15, 0.2) is 36.0 Å². The van der Waals surface area contributed by atoms with E-state index in [1.54, 1.807) is 12.2 Å². The Bertz CT molecular complexity index is 1940. The molecule has 4 aliphatic carbocycles. The first kappa shape index (κ1) is 51.5. The molecule has 4 N–H and O–H groups in total. The summed E-state index contributed by atoms with van der Waals surface area (Å²) in [6, 6.07) is 0. The van der Waals surface area contributed by atoms with E-state index < -0.39 is 75.5 Å². The molecular formula is C42H62N2O19P2. The maximum absolute atomic E-state index is 14.4. The number of hydrogen-bond donors (Lipinski definition) is 4. The monoisotopic (exact) mass is 960 g/mol. The van der Waals surface area contributed by atoms with Gasteiger partial charge in [-0.1, -0.05) is 38.8 Å². The Morgan fingerprint density at radius 3 is 2.18 bits per heavy atom. The molecule has 6 aliphatic rings. The number of imide groups is 1. The Hall–Kier alpha value is -2.85. The second-order valence-corrected chi connectivity index (χ2v) is 20.4. The lowest BCUT2D eigenvalue weighted by atomic mass is 9.46. The predicted octanol–water partition coefficient (Wildman–Crippen LogP) is 2.47. The zero-order chi connectivity index (χ0) is 47.0. The van der Waals surface area contributed by atoms with Crippen LogP contribution in [-0.2, 0) is 74.9 Å². The molecule has 1 saturated heterocycles. The van der Waals surface area contributed by atoms with Crippen LogP contribution in [0, 0.1) is 28.6 Å². The van der Waals surface area contributed by atoms with Gasteiger partial charge in [0.1, 0.15) is 6.61 Å². The lowest BCUT2D eigenvalue weighted by Gasteiger charge is -2.59. The van der Waals surface area contributed by atoms with Crippen molar-refractivity contribution in [3.8, 4) is 0 Å². The molecule has 2 heterocycles. The maximum atomic E-state index is 14.4. The molecule has 21 nitrogen and oxygen atoms in total. The topological polar surface area (TPSA) is 279 Å². The van der Waals surface area contributed by atoms with E-state index in [4.69, 9.17) is 37.5 Å². The molecule has 0 bridgehead atoms. The summed E-state index contributed by atoms with van der Waals surface area (Å²) in [5.41, 5.74) is -2.25. The van der Waals surface area contributed by atoms with Gasteiger partial charge in [0.2, 0.25) is 5.91 Å². The molecule has 3 saturated carbocycles. The van der Waals surface area contributed by atoms with Gasteiger partial charge in [0.15, 0.2) is 23.5 Å². The van der Waals surface area contributed by atoms with Crippen molar-refractivity contribution < 1.29 is 89.8 Å². The van der Waals surface area contributed by atoms with Crippen LogP contribution in [0.3, 0.4) is 0 Å². The quantitative estimate of drug-likeness (QED) is 0.0523. The smallest absolute Gasteiger partial charge is 0.393 e. The van der Waals surface area contributed by atoms with E-state index in [0.29, 0.717) is 51.9 Å². The SMILES string of the molecule is CCCC1O[C@@H]2C[C@H]3[C@@H]4CCC5=CC(=O)C=C[C@]5(C)[C@H]4[C@@H](O)C[C@]3(C)[C@]2(C(=O)COP(=O)(O)OP(=O)(O)OCCNC(=O)CCOCCOCCOCCOCCN2C(=O)C=CC2=O)O1. The molecular weight excluding hydrogens is 898 g/mol. The Balaban J connectivity index is 0.867. The predicted molar refractivity (Wildman–Crippen MR) is 225 cm³/mol. The molecule has 4 fully saturated rings. The highest BCUT2D eigenvalue weighted by atomic mass is 31.3. The van der Waals surface area contributed by atoms with Crippen LogP contribution >= 0.6 is 15.6 Å². The highest BCUT2D eigenvalue weighted by Crippen LogP contribution is 2.70. The normalized spacial score (nSPS) is 33.2. The van der Waals surface area contributed by atoms with E-state index in [1.165, 1.54) is 12.2 Å². The first-order chi connectivity index (χ1) is 30.9. The lowest BCUT2D eigenvalue weighted by Crippen LogP contribution is -2.63. The lowest BCUT2D eigenvalue weighted by molar-refractivity contribution is -0.200. The molecule has 6 rings (SSSR count). The minimum absolute atomic E-state index is 0.0475. The van der Waals surface area contributed by atoms with Gasteiger partial charge in [0.25, 0.3) is 11.8 Å². The minimum Gasteiger partial charge on any atom is -0.393 e. The van der Waals surface area contributed by atoms with Crippen molar-refractivity contribution in [1.29, 1.82) is 0 Å². The molecule has 364 valence electrons. The second-order valence-electron chi connectivity index (χ2n) is 17.4. The number of rotatable bonds is 27. The average Bonchev–Trinajstić information content (AvgIpc) is 3.85. The van der Waals surface area contributed by atoms with Crippen LogP contribution in [0.25, 0.3) is 0 Å². The van der Waals surface area contributed by atoms with Crippen LogP contribution in [0.1, 0.15) is 65.7 Å². The third-order valence-corrected chi connectivity index (χ3v) is 16.0. The van der Waals surface area contributed by atoms with Crippen molar-refractivity contribution in [2.75, 3.05) is 79.2 Å². The molecule has 3 unspecified atom stereocenters. The summed E-state index contributed by atoms with van der Waals surface area (Å²) < 4.78 is 74.2. The molecule has 65 heavy (non-hydrogen) atoms. The summed E-state index contributed by atoms with van der Waals surface area (Å²) >= 11 is 0. The number of phosphoric ester groups is 2. The van der Waals surface area contributed by atoms with Crippen LogP contribution in [0.5, 0.6) is 0 Å². The number of ketones is 2. The highest BCUT2D eigenvalue weighted by Gasteiger charge is 2.76. The molecule has 0 spiro atoms. The number of fused-ring (bicyclic) bond motifs is 7. The molecule has 0 radical (unpaired) electrons. The first-order valence-corrected chi connectivity index (χ1v) is 25.1. The Labute approximate surface area is 377 Å². The fraction of sp³-hybridized carbons (Fsp3) is 0.738.